The fraction of sp³-hybridized carbons (Fsp3) is 0.286. The van der Waals surface area contributed by atoms with Gasteiger partial charge in [0, 0.05) is 19.2 Å². The van der Waals surface area contributed by atoms with Crippen molar-refractivity contribution in [1.82, 2.24) is 4.57 Å². The van der Waals surface area contributed by atoms with E-state index >= 15 is 0 Å². The van der Waals surface area contributed by atoms with Gasteiger partial charge in [-0.05, 0) is 49.4 Å². The Bertz CT molecular complexity index is 1080. The van der Waals surface area contributed by atoms with Crippen LogP contribution in [0, 0.1) is 0 Å². The SMILES string of the molecule is CCOc1ccc(C(=O)N=c2sc3cc(C(=O)OC)ccc3n2CCOC)cc1. The number of hydrogen-bond acceptors (Lipinski definition) is 6. The normalized spacial score (nSPS) is 11.6. The van der Waals surface area contributed by atoms with Crippen LogP contribution in [0.15, 0.2) is 47.5 Å². The van der Waals surface area contributed by atoms with Crippen molar-refractivity contribution in [2.45, 2.75) is 13.5 Å². The molecule has 0 aliphatic heterocycles. The second-order valence-electron chi connectivity index (χ2n) is 6.08. The summed E-state index contributed by atoms with van der Waals surface area (Å²) in [4.78, 5) is 29.4. The molecular formula is C21H22N2O5S. The number of rotatable bonds is 7. The summed E-state index contributed by atoms with van der Waals surface area (Å²) in [5.74, 6) is -0.0527. The second-order valence-corrected chi connectivity index (χ2v) is 7.09. The predicted octanol–water partition coefficient (Wildman–Crippen LogP) is 3.28. The Labute approximate surface area is 172 Å². The van der Waals surface area contributed by atoms with Crippen molar-refractivity contribution in [3.63, 3.8) is 0 Å². The summed E-state index contributed by atoms with van der Waals surface area (Å²) in [6, 6.07) is 12.2. The zero-order valence-electron chi connectivity index (χ0n) is 16.5. The lowest BCUT2D eigenvalue weighted by molar-refractivity contribution is 0.0600. The molecule has 3 rings (SSSR count). The third kappa shape index (κ3) is 4.72. The van der Waals surface area contributed by atoms with Gasteiger partial charge in [0.25, 0.3) is 5.91 Å². The van der Waals surface area contributed by atoms with Gasteiger partial charge in [0.1, 0.15) is 5.75 Å². The molecule has 1 amide bonds. The number of carbonyl (C=O) groups is 2. The van der Waals surface area contributed by atoms with E-state index in [0.717, 1.165) is 10.2 Å². The van der Waals surface area contributed by atoms with Gasteiger partial charge in [0.2, 0.25) is 0 Å². The summed E-state index contributed by atoms with van der Waals surface area (Å²) < 4.78 is 18.1. The number of fused-ring (bicyclic) bond motifs is 1. The zero-order valence-corrected chi connectivity index (χ0v) is 17.3. The number of thiazole rings is 1. The molecule has 0 bridgehead atoms. The van der Waals surface area contributed by atoms with Crippen LogP contribution in [0.2, 0.25) is 0 Å². The molecular weight excluding hydrogens is 392 g/mol. The average Bonchev–Trinajstić information content (AvgIpc) is 3.08. The number of esters is 1. The van der Waals surface area contributed by atoms with Crippen LogP contribution in [0.25, 0.3) is 10.2 Å². The van der Waals surface area contributed by atoms with E-state index in [4.69, 9.17) is 14.2 Å². The fourth-order valence-electron chi connectivity index (χ4n) is 2.81. The Balaban J connectivity index is 2.03. The van der Waals surface area contributed by atoms with Crippen LogP contribution in [0.5, 0.6) is 5.75 Å². The number of ether oxygens (including phenoxy) is 3. The number of aromatic nitrogens is 1. The summed E-state index contributed by atoms with van der Waals surface area (Å²) in [5.41, 5.74) is 1.79. The van der Waals surface area contributed by atoms with Crippen molar-refractivity contribution in [3.8, 4) is 5.75 Å². The van der Waals surface area contributed by atoms with Gasteiger partial charge >= 0.3 is 5.97 Å². The summed E-state index contributed by atoms with van der Waals surface area (Å²) in [7, 11) is 2.96. The molecule has 0 radical (unpaired) electrons. The number of methoxy groups -OCH3 is 2. The van der Waals surface area contributed by atoms with Crippen molar-refractivity contribution >= 4 is 33.4 Å². The molecule has 0 spiro atoms. The highest BCUT2D eigenvalue weighted by molar-refractivity contribution is 7.16. The molecule has 0 aliphatic carbocycles. The Morgan fingerprint density at radius 2 is 1.79 bits per heavy atom. The molecule has 0 saturated heterocycles. The van der Waals surface area contributed by atoms with Crippen LogP contribution in [-0.4, -0.2) is 43.9 Å². The molecule has 0 unspecified atom stereocenters. The van der Waals surface area contributed by atoms with Crippen LogP contribution < -0.4 is 9.54 Å². The predicted molar refractivity (Wildman–Crippen MR) is 111 cm³/mol. The molecule has 7 nitrogen and oxygen atoms in total. The first-order valence-corrected chi connectivity index (χ1v) is 9.91. The number of carbonyl (C=O) groups excluding carboxylic acids is 2. The minimum atomic E-state index is -0.410. The molecule has 29 heavy (non-hydrogen) atoms. The number of hydrogen-bond donors (Lipinski definition) is 0. The van der Waals surface area contributed by atoms with E-state index in [0.29, 0.717) is 41.4 Å². The largest absolute Gasteiger partial charge is 0.494 e. The minimum Gasteiger partial charge on any atom is -0.494 e. The van der Waals surface area contributed by atoms with Crippen LogP contribution in [-0.2, 0) is 16.0 Å². The molecule has 1 aromatic heterocycles. The van der Waals surface area contributed by atoms with Gasteiger partial charge in [-0.15, -0.1) is 0 Å². The lowest BCUT2D eigenvalue weighted by atomic mass is 10.2. The first-order chi connectivity index (χ1) is 14.1. The molecule has 3 aromatic rings. The molecule has 0 atom stereocenters. The first kappa shape index (κ1) is 20.8. The molecule has 0 fully saturated rings. The van der Waals surface area contributed by atoms with Crippen molar-refractivity contribution in [3.05, 3.63) is 58.4 Å². The second kappa shape index (κ2) is 9.49. The summed E-state index contributed by atoms with van der Waals surface area (Å²) >= 11 is 1.34. The van der Waals surface area contributed by atoms with Gasteiger partial charge in [0.15, 0.2) is 4.80 Å². The number of nitrogens with zero attached hydrogens (tertiary/aromatic N) is 2. The third-order valence-electron chi connectivity index (χ3n) is 4.23. The van der Waals surface area contributed by atoms with Crippen LogP contribution in [0.1, 0.15) is 27.6 Å². The Morgan fingerprint density at radius 3 is 2.45 bits per heavy atom. The highest BCUT2D eigenvalue weighted by atomic mass is 32.1. The smallest absolute Gasteiger partial charge is 0.337 e. The fourth-order valence-corrected chi connectivity index (χ4v) is 3.91. The lowest BCUT2D eigenvalue weighted by Gasteiger charge is -2.05. The van der Waals surface area contributed by atoms with Crippen molar-refractivity contribution in [1.29, 1.82) is 0 Å². The van der Waals surface area contributed by atoms with Crippen molar-refractivity contribution < 1.29 is 23.8 Å². The highest BCUT2D eigenvalue weighted by Crippen LogP contribution is 2.20. The van der Waals surface area contributed by atoms with Gasteiger partial charge in [-0.2, -0.15) is 4.99 Å². The monoisotopic (exact) mass is 414 g/mol. The maximum atomic E-state index is 12.7. The van der Waals surface area contributed by atoms with Crippen molar-refractivity contribution in [2.24, 2.45) is 4.99 Å². The molecule has 152 valence electrons. The van der Waals surface area contributed by atoms with Gasteiger partial charge in [-0.25, -0.2) is 4.79 Å². The standard InChI is InChI=1S/C21H22N2O5S/c1-4-28-16-8-5-14(6-9-16)19(24)22-21-23(11-12-26-2)17-10-7-15(20(25)27-3)13-18(17)29-21/h5-10,13H,4,11-12H2,1-3H3. The van der Waals surface area contributed by atoms with Crippen LogP contribution >= 0.6 is 11.3 Å². The minimum absolute atomic E-state index is 0.348. The molecule has 0 aliphatic rings. The molecule has 8 heteroatoms. The summed E-state index contributed by atoms with van der Waals surface area (Å²) in [5, 5.41) is 0. The first-order valence-electron chi connectivity index (χ1n) is 9.10. The van der Waals surface area contributed by atoms with E-state index in [1.807, 2.05) is 17.6 Å². The Kier molecular flexibility index (Phi) is 6.79. The van der Waals surface area contributed by atoms with Gasteiger partial charge < -0.3 is 18.8 Å². The van der Waals surface area contributed by atoms with E-state index in [1.165, 1.54) is 18.4 Å². The van der Waals surface area contributed by atoms with E-state index in [1.54, 1.807) is 43.5 Å². The lowest BCUT2D eigenvalue weighted by Crippen LogP contribution is -2.19. The van der Waals surface area contributed by atoms with E-state index in [-0.39, 0.29) is 5.91 Å². The molecule has 1 heterocycles. The summed E-state index contributed by atoms with van der Waals surface area (Å²) in [6.07, 6.45) is 0. The van der Waals surface area contributed by atoms with E-state index < -0.39 is 5.97 Å². The Morgan fingerprint density at radius 1 is 1.07 bits per heavy atom. The van der Waals surface area contributed by atoms with Crippen LogP contribution in [0.3, 0.4) is 0 Å². The van der Waals surface area contributed by atoms with Gasteiger partial charge in [-0.3, -0.25) is 4.79 Å². The molecule has 0 N–H and O–H groups in total. The highest BCUT2D eigenvalue weighted by Gasteiger charge is 2.13. The maximum absolute atomic E-state index is 12.7. The van der Waals surface area contributed by atoms with E-state index in [9.17, 15) is 9.59 Å². The van der Waals surface area contributed by atoms with Crippen molar-refractivity contribution in [2.75, 3.05) is 27.4 Å². The van der Waals surface area contributed by atoms with Crippen LogP contribution in [0.4, 0.5) is 0 Å². The number of amides is 1. The van der Waals surface area contributed by atoms with E-state index in [2.05, 4.69) is 4.99 Å². The Hall–Kier alpha value is -2.97. The average molecular weight is 414 g/mol. The van der Waals surface area contributed by atoms with Gasteiger partial charge in [0.05, 0.1) is 36.1 Å². The zero-order chi connectivity index (χ0) is 20.8. The third-order valence-corrected chi connectivity index (χ3v) is 5.27. The topological polar surface area (TPSA) is 79.1 Å². The quantitative estimate of drug-likeness (QED) is 0.555. The summed E-state index contributed by atoms with van der Waals surface area (Å²) in [6.45, 7) is 3.46. The number of benzene rings is 2. The molecule has 2 aromatic carbocycles. The maximum Gasteiger partial charge on any atom is 0.337 e. The van der Waals surface area contributed by atoms with Gasteiger partial charge in [-0.1, -0.05) is 11.3 Å². The molecule has 0 saturated carbocycles.